The molecule has 5 nitrogen and oxygen atoms in total. The van der Waals surface area contributed by atoms with Crippen molar-refractivity contribution in [3.63, 3.8) is 0 Å². The van der Waals surface area contributed by atoms with Crippen LogP contribution in [0.2, 0.25) is 0 Å². The Kier molecular flexibility index (Phi) is 3.10. The number of nitrogens with two attached hydrogens (primary N) is 1. The van der Waals surface area contributed by atoms with Crippen molar-refractivity contribution in [2.45, 2.75) is 31.7 Å². The molecule has 1 aliphatic rings. The molecule has 0 bridgehead atoms. The van der Waals surface area contributed by atoms with Crippen LogP contribution in [0.3, 0.4) is 0 Å². The molecular weight excluding hydrogens is 242 g/mol. The molecule has 19 heavy (non-hydrogen) atoms. The van der Waals surface area contributed by atoms with Gasteiger partial charge in [0.25, 0.3) is 5.91 Å². The van der Waals surface area contributed by atoms with E-state index in [0.29, 0.717) is 5.56 Å². The van der Waals surface area contributed by atoms with Crippen molar-refractivity contribution in [2.75, 3.05) is 6.54 Å². The highest BCUT2D eigenvalue weighted by Gasteiger charge is 2.46. The van der Waals surface area contributed by atoms with Crippen LogP contribution in [0.4, 0.5) is 4.79 Å². The van der Waals surface area contributed by atoms with Gasteiger partial charge in [0.1, 0.15) is 0 Å². The van der Waals surface area contributed by atoms with Crippen molar-refractivity contribution in [1.82, 2.24) is 10.6 Å². The second-order valence-corrected chi connectivity index (χ2v) is 5.85. The summed E-state index contributed by atoms with van der Waals surface area (Å²) in [4.78, 5) is 23.3. The molecule has 5 heteroatoms. The Balaban J connectivity index is 2.41. The first kappa shape index (κ1) is 13.5. The monoisotopic (exact) mass is 261 g/mol. The van der Waals surface area contributed by atoms with Crippen LogP contribution < -0.4 is 16.4 Å². The van der Waals surface area contributed by atoms with Gasteiger partial charge in [-0.1, -0.05) is 45.0 Å². The molecule has 0 aliphatic carbocycles. The number of rotatable bonds is 2. The predicted octanol–water partition coefficient (Wildman–Crippen LogP) is 0.978. The second kappa shape index (κ2) is 4.35. The fourth-order valence-electron chi connectivity index (χ4n) is 2.21. The van der Waals surface area contributed by atoms with Gasteiger partial charge in [0.15, 0.2) is 5.54 Å². The van der Waals surface area contributed by atoms with E-state index in [1.165, 1.54) is 0 Å². The highest BCUT2D eigenvalue weighted by atomic mass is 16.2. The van der Waals surface area contributed by atoms with Crippen LogP contribution in [0.15, 0.2) is 24.3 Å². The minimum absolute atomic E-state index is 0.0272. The highest BCUT2D eigenvalue weighted by molar-refractivity contribution is 6.07. The zero-order chi connectivity index (χ0) is 14.3. The van der Waals surface area contributed by atoms with E-state index in [1.807, 2.05) is 24.3 Å². The topological polar surface area (TPSA) is 84.2 Å². The lowest BCUT2D eigenvalue weighted by molar-refractivity contribution is -0.123. The molecule has 1 aromatic rings. The van der Waals surface area contributed by atoms with Crippen LogP contribution in [-0.4, -0.2) is 18.5 Å². The molecule has 4 N–H and O–H groups in total. The molecule has 0 spiro atoms. The van der Waals surface area contributed by atoms with E-state index < -0.39 is 17.5 Å². The maximum atomic E-state index is 11.9. The van der Waals surface area contributed by atoms with Crippen molar-refractivity contribution in [3.05, 3.63) is 35.4 Å². The molecule has 1 atom stereocenters. The molecule has 1 fully saturated rings. The van der Waals surface area contributed by atoms with Gasteiger partial charge in [-0.2, -0.15) is 0 Å². The van der Waals surface area contributed by atoms with Gasteiger partial charge in [0.2, 0.25) is 0 Å². The lowest BCUT2D eigenvalue weighted by atomic mass is 9.83. The number of urea groups is 1. The molecule has 0 radical (unpaired) electrons. The van der Waals surface area contributed by atoms with Crippen LogP contribution in [0.1, 0.15) is 31.9 Å². The highest BCUT2D eigenvalue weighted by Crippen LogP contribution is 2.27. The van der Waals surface area contributed by atoms with Gasteiger partial charge in [-0.3, -0.25) is 10.1 Å². The van der Waals surface area contributed by atoms with Crippen LogP contribution in [0.5, 0.6) is 0 Å². The molecule has 0 aromatic heterocycles. The number of nitrogens with one attached hydrogen (secondary N) is 2. The van der Waals surface area contributed by atoms with Crippen molar-refractivity contribution >= 4 is 11.9 Å². The predicted molar refractivity (Wildman–Crippen MR) is 72.5 cm³/mol. The van der Waals surface area contributed by atoms with E-state index in [1.54, 1.807) is 0 Å². The zero-order valence-electron chi connectivity index (χ0n) is 11.4. The summed E-state index contributed by atoms with van der Waals surface area (Å²) in [6.45, 7) is 6.37. The first-order valence-electron chi connectivity index (χ1n) is 6.24. The summed E-state index contributed by atoms with van der Waals surface area (Å²) in [5.74, 6) is -0.400. The van der Waals surface area contributed by atoms with E-state index in [0.717, 1.165) is 5.56 Å². The Morgan fingerprint density at radius 1 is 1.16 bits per heavy atom. The van der Waals surface area contributed by atoms with Crippen molar-refractivity contribution in [1.29, 1.82) is 0 Å². The van der Waals surface area contributed by atoms with Crippen LogP contribution in [0, 0.1) is 0 Å². The van der Waals surface area contributed by atoms with Gasteiger partial charge >= 0.3 is 6.03 Å². The molecule has 3 amide bonds. The normalized spacial score (nSPS) is 23.2. The van der Waals surface area contributed by atoms with Crippen molar-refractivity contribution < 1.29 is 9.59 Å². The quantitative estimate of drug-likeness (QED) is 0.694. The Hall–Kier alpha value is -1.88. The van der Waals surface area contributed by atoms with Gasteiger partial charge in [0.05, 0.1) is 0 Å². The fraction of sp³-hybridized carbons (Fsp3) is 0.429. The average molecular weight is 261 g/mol. The SMILES string of the molecule is CC(C)(C)c1ccc(C2(CN)NC(=O)NC2=O)cc1. The van der Waals surface area contributed by atoms with Crippen LogP contribution in [-0.2, 0) is 15.7 Å². The van der Waals surface area contributed by atoms with E-state index in [4.69, 9.17) is 5.73 Å². The minimum atomic E-state index is -1.15. The number of carbonyl (C=O) groups is 2. The lowest BCUT2D eigenvalue weighted by Crippen LogP contribution is -2.49. The van der Waals surface area contributed by atoms with Gasteiger partial charge in [-0.05, 0) is 16.5 Å². The van der Waals surface area contributed by atoms with Gasteiger partial charge in [-0.25, -0.2) is 4.79 Å². The molecule has 1 unspecified atom stereocenters. The maximum Gasteiger partial charge on any atom is 0.322 e. The van der Waals surface area contributed by atoms with E-state index >= 15 is 0 Å². The summed E-state index contributed by atoms with van der Waals surface area (Å²) < 4.78 is 0. The number of carbonyl (C=O) groups excluding carboxylic acids is 2. The van der Waals surface area contributed by atoms with E-state index in [2.05, 4.69) is 31.4 Å². The average Bonchev–Trinajstić information content (AvgIpc) is 2.64. The summed E-state index contributed by atoms with van der Waals surface area (Å²) in [6, 6.07) is 7.11. The Labute approximate surface area is 112 Å². The molecule has 0 saturated carbocycles. The van der Waals surface area contributed by atoms with Gasteiger partial charge in [0, 0.05) is 6.54 Å². The number of imide groups is 1. The third-order valence-corrected chi connectivity index (χ3v) is 3.49. The van der Waals surface area contributed by atoms with Crippen molar-refractivity contribution in [2.24, 2.45) is 5.73 Å². The van der Waals surface area contributed by atoms with Gasteiger partial charge < -0.3 is 11.1 Å². The molecular formula is C14H19N3O2. The minimum Gasteiger partial charge on any atom is -0.327 e. The first-order valence-corrected chi connectivity index (χ1v) is 6.24. The molecule has 1 heterocycles. The van der Waals surface area contributed by atoms with E-state index in [-0.39, 0.29) is 12.0 Å². The molecule has 1 aliphatic heterocycles. The lowest BCUT2D eigenvalue weighted by Gasteiger charge is -2.26. The van der Waals surface area contributed by atoms with Crippen molar-refractivity contribution in [3.8, 4) is 0 Å². The number of hydrogen-bond donors (Lipinski definition) is 3. The number of hydrogen-bond acceptors (Lipinski definition) is 3. The number of amides is 3. The first-order chi connectivity index (χ1) is 8.79. The summed E-state index contributed by atoms with van der Waals surface area (Å²) >= 11 is 0. The molecule has 102 valence electrons. The standard InChI is InChI=1S/C14H19N3O2/c1-13(2,3)9-4-6-10(7-5-9)14(8-15)11(18)16-12(19)17-14/h4-7H,8,15H2,1-3H3,(H2,16,17,18,19). The fourth-order valence-corrected chi connectivity index (χ4v) is 2.21. The number of benzene rings is 1. The largest absolute Gasteiger partial charge is 0.327 e. The Morgan fingerprint density at radius 2 is 1.74 bits per heavy atom. The van der Waals surface area contributed by atoms with Gasteiger partial charge in [-0.15, -0.1) is 0 Å². The van der Waals surface area contributed by atoms with Crippen LogP contribution >= 0.6 is 0 Å². The maximum absolute atomic E-state index is 11.9. The Morgan fingerprint density at radius 3 is 2.11 bits per heavy atom. The molecule has 2 rings (SSSR count). The Bertz CT molecular complexity index is 516. The smallest absolute Gasteiger partial charge is 0.322 e. The second-order valence-electron chi connectivity index (χ2n) is 5.85. The summed E-state index contributed by atoms with van der Waals surface area (Å²) in [7, 11) is 0. The third kappa shape index (κ3) is 2.21. The zero-order valence-corrected chi connectivity index (χ0v) is 11.4. The molecule has 1 saturated heterocycles. The van der Waals surface area contributed by atoms with Crippen LogP contribution in [0.25, 0.3) is 0 Å². The van der Waals surface area contributed by atoms with E-state index in [9.17, 15) is 9.59 Å². The third-order valence-electron chi connectivity index (χ3n) is 3.49. The summed E-state index contributed by atoms with van der Waals surface area (Å²) in [6.07, 6.45) is 0. The summed E-state index contributed by atoms with van der Waals surface area (Å²) in [5, 5.41) is 4.85. The summed E-state index contributed by atoms with van der Waals surface area (Å²) in [5.41, 5.74) is 6.45. The molecule has 1 aromatic carbocycles.